The zero-order valence-electron chi connectivity index (χ0n) is 11.7. The second-order valence-electron chi connectivity index (χ2n) is 6.27. The zero-order chi connectivity index (χ0) is 14.3. The van der Waals surface area contributed by atoms with E-state index in [1.54, 1.807) is 19.1 Å². The molecule has 4 nitrogen and oxygen atoms in total. The van der Waals surface area contributed by atoms with Gasteiger partial charge in [0.2, 0.25) is 10.0 Å². The number of rotatable bonds is 3. The van der Waals surface area contributed by atoms with Crippen molar-refractivity contribution in [1.82, 2.24) is 0 Å². The lowest BCUT2D eigenvalue weighted by atomic mass is 9.92. The SMILES string of the molecule is Cc1ccc(NC2CCC(C)(C)C2)cc1S(N)(=O)=O. The molecule has 5 heteroatoms. The predicted octanol–water partition coefficient (Wildman–Crippen LogP) is 2.63. The molecule has 1 saturated carbocycles. The summed E-state index contributed by atoms with van der Waals surface area (Å²) < 4.78 is 23.0. The van der Waals surface area contributed by atoms with Gasteiger partial charge in [0.15, 0.2) is 0 Å². The first-order chi connectivity index (χ1) is 8.67. The summed E-state index contributed by atoms with van der Waals surface area (Å²) in [5.74, 6) is 0. The fraction of sp³-hybridized carbons (Fsp3) is 0.571. The Kier molecular flexibility index (Phi) is 3.62. The van der Waals surface area contributed by atoms with Crippen LogP contribution in [0.15, 0.2) is 23.1 Å². The Hall–Kier alpha value is -1.07. The molecule has 1 aliphatic rings. The van der Waals surface area contributed by atoms with E-state index in [0.29, 0.717) is 17.0 Å². The van der Waals surface area contributed by atoms with E-state index in [1.165, 1.54) is 6.42 Å². The number of aryl methyl sites for hydroxylation is 1. The molecule has 0 radical (unpaired) electrons. The van der Waals surface area contributed by atoms with Crippen LogP contribution < -0.4 is 10.5 Å². The number of benzene rings is 1. The third-order valence-corrected chi connectivity index (χ3v) is 4.89. The van der Waals surface area contributed by atoms with E-state index in [-0.39, 0.29) is 4.90 Å². The summed E-state index contributed by atoms with van der Waals surface area (Å²) in [5, 5.41) is 8.64. The molecule has 0 saturated heterocycles. The van der Waals surface area contributed by atoms with E-state index in [4.69, 9.17) is 5.14 Å². The normalized spacial score (nSPS) is 22.4. The number of nitrogens with one attached hydrogen (secondary N) is 1. The molecule has 2 rings (SSSR count). The lowest BCUT2D eigenvalue weighted by Gasteiger charge is -2.19. The molecule has 0 heterocycles. The number of hydrogen-bond donors (Lipinski definition) is 2. The Bertz CT molecular complexity index is 579. The van der Waals surface area contributed by atoms with Crippen molar-refractivity contribution >= 4 is 15.7 Å². The summed E-state index contributed by atoms with van der Waals surface area (Å²) in [6.45, 7) is 6.28. The number of sulfonamides is 1. The summed E-state index contributed by atoms with van der Waals surface area (Å²) in [5.41, 5.74) is 1.88. The Labute approximate surface area is 115 Å². The van der Waals surface area contributed by atoms with E-state index < -0.39 is 10.0 Å². The quantitative estimate of drug-likeness (QED) is 0.895. The van der Waals surface area contributed by atoms with Crippen molar-refractivity contribution in [3.05, 3.63) is 23.8 Å². The van der Waals surface area contributed by atoms with Crippen LogP contribution in [0.4, 0.5) is 5.69 Å². The van der Waals surface area contributed by atoms with Gasteiger partial charge in [0, 0.05) is 11.7 Å². The smallest absolute Gasteiger partial charge is 0.238 e. The Morgan fingerprint density at radius 2 is 2.05 bits per heavy atom. The molecule has 0 aromatic heterocycles. The molecule has 1 unspecified atom stereocenters. The summed E-state index contributed by atoms with van der Waals surface area (Å²) in [4.78, 5) is 0.203. The van der Waals surface area contributed by atoms with Crippen LogP contribution in [0.25, 0.3) is 0 Å². The van der Waals surface area contributed by atoms with Gasteiger partial charge >= 0.3 is 0 Å². The van der Waals surface area contributed by atoms with E-state index in [2.05, 4.69) is 19.2 Å². The number of primary sulfonamides is 1. The molecule has 3 N–H and O–H groups in total. The molecule has 1 atom stereocenters. The van der Waals surface area contributed by atoms with Crippen LogP contribution in [0.3, 0.4) is 0 Å². The van der Waals surface area contributed by atoms with Crippen LogP contribution >= 0.6 is 0 Å². The maximum atomic E-state index is 11.5. The average Bonchev–Trinajstić information content (AvgIpc) is 2.59. The maximum Gasteiger partial charge on any atom is 0.238 e. The van der Waals surface area contributed by atoms with Crippen LogP contribution in [0.1, 0.15) is 38.7 Å². The van der Waals surface area contributed by atoms with Crippen molar-refractivity contribution in [2.24, 2.45) is 10.6 Å². The molecule has 106 valence electrons. The molecule has 0 spiro atoms. The van der Waals surface area contributed by atoms with E-state index in [1.807, 2.05) is 6.07 Å². The van der Waals surface area contributed by atoms with Gasteiger partial charge in [-0.15, -0.1) is 0 Å². The van der Waals surface area contributed by atoms with Crippen molar-refractivity contribution in [2.45, 2.75) is 51.0 Å². The highest BCUT2D eigenvalue weighted by Gasteiger charge is 2.30. The largest absolute Gasteiger partial charge is 0.382 e. The van der Waals surface area contributed by atoms with Crippen LogP contribution in [-0.2, 0) is 10.0 Å². The van der Waals surface area contributed by atoms with Gasteiger partial charge in [-0.2, -0.15) is 0 Å². The number of anilines is 1. The van der Waals surface area contributed by atoms with Gasteiger partial charge in [-0.1, -0.05) is 19.9 Å². The van der Waals surface area contributed by atoms with Gasteiger partial charge in [0.05, 0.1) is 4.90 Å². The Balaban J connectivity index is 2.19. The second-order valence-corrected chi connectivity index (χ2v) is 7.80. The summed E-state index contributed by atoms with van der Waals surface area (Å²) in [7, 11) is -3.65. The molecule has 0 aliphatic heterocycles. The minimum Gasteiger partial charge on any atom is -0.382 e. The molecular formula is C14H22N2O2S. The van der Waals surface area contributed by atoms with Crippen molar-refractivity contribution in [3.63, 3.8) is 0 Å². The van der Waals surface area contributed by atoms with Gasteiger partial charge in [-0.3, -0.25) is 0 Å². The monoisotopic (exact) mass is 282 g/mol. The van der Waals surface area contributed by atoms with Crippen LogP contribution in [0.5, 0.6) is 0 Å². The van der Waals surface area contributed by atoms with Crippen molar-refractivity contribution in [3.8, 4) is 0 Å². The minimum atomic E-state index is -3.65. The molecule has 0 amide bonds. The Morgan fingerprint density at radius 1 is 1.37 bits per heavy atom. The predicted molar refractivity (Wildman–Crippen MR) is 77.6 cm³/mol. The highest BCUT2D eigenvalue weighted by molar-refractivity contribution is 7.89. The van der Waals surface area contributed by atoms with Crippen molar-refractivity contribution < 1.29 is 8.42 Å². The van der Waals surface area contributed by atoms with Gasteiger partial charge < -0.3 is 5.32 Å². The fourth-order valence-electron chi connectivity index (χ4n) is 2.79. The molecule has 19 heavy (non-hydrogen) atoms. The fourth-order valence-corrected chi connectivity index (χ4v) is 3.60. The standard InChI is InChI=1S/C14H22N2O2S/c1-10-4-5-11(8-13(10)19(15,17)18)16-12-6-7-14(2,3)9-12/h4-5,8,12,16H,6-7,9H2,1-3H3,(H2,15,17,18). The number of nitrogens with two attached hydrogens (primary N) is 1. The molecule has 1 aromatic rings. The minimum absolute atomic E-state index is 0.203. The first-order valence-electron chi connectivity index (χ1n) is 6.57. The molecule has 1 aliphatic carbocycles. The zero-order valence-corrected chi connectivity index (χ0v) is 12.5. The van der Waals surface area contributed by atoms with Gasteiger partial charge in [-0.25, -0.2) is 13.6 Å². The first-order valence-corrected chi connectivity index (χ1v) is 8.12. The molecule has 1 fully saturated rings. The van der Waals surface area contributed by atoms with Crippen molar-refractivity contribution in [2.75, 3.05) is 5.32 Å². The molecule has 0 bridgehead atoms. The van der Waals surface area contributed by atoms with Gasteiger partial charge in [0.1, 0.15) is 0 Å². The highest BCUT2D eigenvalue weighted by atomic mass is 32.2. The van der Waals surface area contributed by atoms with Gasteiger partial charge in [0.25, 0.3) is 0 Å². The maximum absolute atomic E-state index is 11.5. The number of hydrogen-bond acceptors (Lipinski definition) is 3. The lowest BCUT2D eigenvalue weighted by molar-refractivity contribution is 0.378. The van der Waals surface area contributed by atoms with Crippen LogP contribution in [0.2, 0.25) is 0 Å². The first kappa shape index (κ1) is 14.3. The third kappa shape index (κ3) is 3.48. The Morgan fingerprint density at radius 3 is 2.58 bits per heavy atom. The average molecular weight is 282 g/mol. The molecular weight excluding hydrogens is 260 g/mol. The summed E-state index contributed by atoms with van der Waals surface area (Å²) in [6.07, 6.45) is 3.41. The highest BCUT2D eigenvalue weighted by Crippen LogP contribution is 2.38. The van der Waals surface area contributed by atoms with Gasteiger partial charge in [-0.05, 0) is 49.3 Å². The van der Waals surface area contributed by atoms with E-state index in [0.717, 1.165) is 18.5 Å². The topological polar surface area (TPSA) is 72.2 Å². The lowest BCUT2D eigenvalue weighted by Crippen LogP contribution is -2.19. The third-order valence-electron chi connectivity index (χ3n) is 3.83. The molecule has 1 aromatic carbocycles. The summed E-state index contributed by atoms with van der Waals surface area (Å²) in [6, 6.07) is 5.75. The van der Waals surface area contributed by atoms with E-state index >= 15 is 0 Å². The second kappa shape index (κ2) is 4.80. The van der Waals surface area contributed by atoms with Crippen LogP contribution in [0, 0.1) is 12.3 Å². The van der Waals surface area contributed by atoms with E-state index in [9.17, 15) is 8.42 Å². The van der Waals surface area contributed by atoms with Crippen LogP contribution in [-0.4, -0.2) is 14.5 Å². The summed E-state index contributed by atoms with van der Waals surface area (Å²) >= 11 is 0. The van der Waals surface area contributed by atoms with Crippen molar-refractivity contribution in [1.29, 1.82) is 0 Å².